The molecule has 0 fully saturated rings. The van der Waals surface area contributed by atoms with Crippen LogP contribution < -0.4 is 5.32 Å². The van der Waals surface area contributed by atoms with Gasteiger partial charge in [0.1, 0.15) is 5.69 Å². The smallest absolute Gasteiger partial charge is 0.257 e. The molecule has 0 saturated heterocycles. The van der Waals surface area contributed by atoms with Crippen molar-refractivity contribution in [3.8, 4) is 11.4 Å². The molecule has 2 heterocycles. The Morgan fingerprint density at radius 2 is 1.77 bits per heavy atom. The number of sulfonamides is 1. The highest BCUT2D eigenvalue weighted by Crippen LogP contribution is 2.24. The van der Waals surface area contributed by atoms with Crippen molar-refractivity contribution in [3.63, 3.8) is 0 Å². The minimum absolute atomic E-state index is 0.0921. The van der Waals surface area contributed by atoms with Crippen molar-refractivity contribution in [1.29, 1.82) is 0 Å². The topological polar surface area (TPSA) is 92.3 Å². The summed E-state index contributed by atoms with van der Waals surface area (Å²) in [6.07, 6.45) is 4.69. The molecule has 1 N–H and O–H groups in total. The van der Waals surface area contributed by atoms with Gasteiger partial charge in [0, 0.05) is 30.2 Å². The van der Waals surface area contributed by atoms with Crippen LogP contribution in [0.15, 0.2) is 84.2 Å². The molecule has 0 bridgehead atoms. The molecule has 0 aliphatic heterocycles. The molecule has 0 spiro atoms. The van der Waals surface area contributed by atoms with Crippen LogP contribution >= 0.6 is 11.3 Å². The Morgan fingerprint density at radius 1 is 1.07 bits per heavy atom. The lowest BCUT2D eigenvalue weighted by molar-refractivity contribution is 0.102. The number of hydrogen-bond donors (Lipinski definition) is 1. The lowest BCUT2D eigenvalue weighted by Crippen LogP contribution is -2.31. The van der Waals surface area contributed by atoms with E-state index in [1.807, 2.05) is 18.2 Å². The first-order chi connectivity index (χ1) is 14.5. The van der Waals surface area contributed by atoms with Crippen LogP contribution in [0, 0.1) is 0 Å². The Labute approximate surface area is 179 Å². The third kappa shape index (κ3) is 4.88. The molecular weight excluding hydrogens is 420 g/mol. The molecule has 3 rings (SSSR count). The van der Waals surface area contributed by atoms with E-state index in [1.165, 1.54) is 52.1 Å². The van der Waals surface area contributed by atoms with Crippen molar-refractivity contribution < 1.29 is 13.2 Å². The van der Waals surface area contributed by atoms with Gasteiger partial charge in [0.25, 0.3) is 5.91 Å². The molecule has 1 aromatic carbocycles. The van der Waals surface area contributed by atoms with Crippen LogP contribution in [0.1, 0.15) is 10.4 Å². The molecule has 154 valence electrons. The Balaban J connectivity index is 1.73. The summed E-state index contributed by atoms with van der Waals surface area (Å²) in [6.45, 7) is 7.50. The first-order valence-electron chi connectivity index (χ1n) is 8.96. The predicted octanol–water partition coefficient (Wildman–Crippen LogP) is 3.82. The average molecular weight is 441 g/mol. The quantitative estimate of drug-likeness (QED) is 0.511. The maximum absolute atomic E-state index is 12.7. The molecule has 0 radical (unpaired) electrons. The summed E-state index contributed by atoms with van der Waals surface area (Å²) in [5.74, 6) is -0.380. The van der Waals surface area contributed by atoms with Crippen LogP contribution in [-0.2, 0) is 10.0 Å². The first-order valence-corrected chi connectivity index (χ1v) is 11.3. The third-order valence-electron chi connectivity index (χ3n) is 4.07. The van der Waals surface area contributed by atoms with Crippen molar-refractivity contribution in [1.82, 2.24) is 14.3 Å². The number of hydrogen-bond acceptors (Lipinski definition) is 6. The van der Waals surface area contributed by atoms with E-state index in [2.05, 4.69) is 28.4 Å². The van der Waals surface area contributed by atoms with E-state index in [0.717, 1.165) is 0 Å². The number of carbonyl (C=O) groups is 1. The van der Waals surface area contributed by atoms with E-state index in [4.69, 9.17) is 0 Å². The lowest BCUT2D eigenvalue weighted by atomic mass is 10.2. The molecule has 0 aliphatic carbocycles. The number of benzene rings is 1. The zero-order valence-corrected chi connectivity index (χ0v) is 17.7. The van der Waals surface area contributed by atoms with Crippen LogP contribution in [0.4, 0.5) is 5.13 Å². The van der Waals surface area contributed by atoms with Crippen molar-refractivity contribution in [2.75, 3.05) is 18.4 Å². The number of nitrogens with one attached hydrogen (secondary N) is 1. The minimum Gasteiger partial charge on any atom is -0.298 e. The summed E-state index contributed by atoms with van der Waals surface area (Å²) in [7, 11) is -3.71. The lowest BCUT2D eigenvalue weighted by Gasteiger charge is -2.19. The Morgan fingerprint density at radius 3 is 2.37 bits per heavy atom. The standard InChI is InChI=1S/C21H20N4O3S2/c1-3-13-25(14-4-2)30(27,28)17-10-8-16(9-11-17)20(26)24-21-23-19(15-29-21)18-7-5-6-12-22-18/h3-12,15H,1-2,13-14H2,(H,23,24,26). The highest BCUT2D eigenvalue weighted by atomic mass is 32.2. The van der Waals surface area contributed by atoms with E-state index >= 15 is 0 Å². The summed E-state index contributed by atoms with van der Waals surface area (Å²) >= 11 is 1.29. The molecule has 1 amide bonds. The molecule has 0 atom stereocenters. The zero-order chi connectivity index (χ0) is 21.6. The average Bonchev–Trinajstić information content (AvgIpc) is 3.23. The molecule has 7 nitrogen and oxygen atoms in total. The van der Waals surface area contributed by atoms with Crippen LogP contribution in [0.2, 0.25) is 0 Å². The molecule has 2 aromatic heterocycles. The summed E-state index contributed by atoms with van der Waals surface area (Å²) < 4.78 is 26.7. The molecule has 0 saturated carbocycles. The van der Waals surface area contributed by atoms with Gasteiger partial charge in [-0.05, 0) is 36.4 Å². The molecule has 0 unspecified atom stereocenters. The molecular formula is C21H20N4O3S2. The number of pyridine rings is 1. The number of carbonyl (C=O) groups excluding carboxylic acids is 1. The number of thiazole rings is 1. The fourth-order valence-corrected chi connectivity index (χ4v) is 4.70. The van der Waals surface area contributed by atoms with Gasteiger partial charge in [0.15, 0.2) is 5.13 Å². The van der Waals surface area contributed by atoms with Gasteiger partial charge in [-0.3, -0.25) is 15.1 Å². The van der Waals surface area contributed by atoms with Gasteiger partial charge >= 0.3 is 0 Å². The number of amides is 1. The molecule has 9 heteroatoms. The van der Waals surface area contributed by atoms with Gasteiger partial charge in [-0.15, -0.1) is 24.5 Å². The van der Waals surface area contributed by atoms with E-state index in [1.54, 1.807) is 11.6 Å². The monoisotopic (exact) mass is 440 g/mol. The number of rotatable bonds is 9. The zero-order valence-electron chi connectivity index (χ0n) is 16.1. The second-order valence-electron chi connectivity index (χ2n) is 6.13. The van der Waals surface area contributed by atoms with Gasteiger partial charge in [0.05, 0.1) is 10.6 Å². The van der Waals surface area contributed by atoms with E-state index in [9.17, 15) is 13.2 Å². The second-order valence-corrected chi connectivity index (χ2v) is 8.93. The summed E-state index contributed by atoms with van der Waals surface area (Å²) in [5.41, 5.74) is 1.71. The van der Waals surface area contributed by atoms with Gasteiger partial charge in [-0.25, -0.2) is 13.4 Å². The van der Waals surface area contributed by atoms with Crippen molar-refractivity contribution in [2.45, 2.75) is 4.90 Å². The van der Waals surface area contributed by atoms with E-state index in [-0.39, 0.29) is 23.9 Å². The van der Waals surface area contributed by atoms with Crippen LogP contribution in [-0.4, -0.2) is 41.7 Å². The largest absolute Gasteiger partial charge is 0.298 e. The number of nitrogens with zero attached hydrogens (tertiary/aromatic N) is 3. The summed E-state index contributed by atoms with van der Waals surface area (Å²) in [4.78, 5) is 21.2. The molecule has 3 aromatic rings. The minimum atomic E-state index is -3.71. The first kappa shape index (κ1) is 21.6. The maximum Gasteiger partial charge on any atom is 0.257 e. The highest BCUT2D eigenvalue weighted by molar-refractivity contribution is 7.89. The Hall–Kier alpha value is -3.14. The van der Waals surface area contributed by atoms with Gasteiger partial charge in [-0.2, -0.15) is 4.31 Å². The van der Waals surface area contributed by atoms with Crippen LogP contribution in [0.5, 0.6) is 0 Å². The third-order valence-corrected chi connectivity index (χ3v) is 6.68. The number of aromatic nitrogens is 2. The Kier molecular flexibility index (Phi) is 6.88. The maximum atomic E-state index is 12.7. The number of anilines is 1. The van der Waals surface area contributed by atoms with E-state index < -0.39 is 10.0 Å². The summed E-state index contributed by atoms with van der Waals surface area (Å²) in [5, 5.41) is 4.96. The fourth-order valence-electron chi connectivity index (χ4n) is 2.62. The van der Waals surface area contributed by atoms with Crippen molar-refractivity contribution in [3.05, 3.63) is 84.9 Å². The summed E-state index contributed by atoms with van der Waals surface area (Å²) in [6, 6.07) is 11.3. The molecule has 30 heavy (non-hydrogen) atoms. The van der Waals surface area contributed by atoms with Gasteiger partial charge < -0.3 is 0 Å². The fraction of sp³-hybridized carbons (Fsp3) is 0.0952. The van der Waals surface area contributed by atoms with Gasteiger partial charge in [-0.1, -0.05) is 18.2 Å². The normalized spacial score (nSPS) is 11.2. The Bertz CT molecular complexity index is 1130. The highest BCUT2D eigenvalue weighted by Gasteiger charge is 2.22. The second kappa shape index (κ2) is 9.57. The van der Waals surface area contributed by atoms with Crippen LogP contribution in [0.25, 0.3) is 11.4 Å². The van der Waals surface area contributed by atoms with E-state index in [0.29, 0.717) is 22.1 Å². The molecule has 0 aliphatic rings. The SMILES string of the molecule is C=CCN(CC=C)S(=O)(=O)c1ccc(C(=O)Nc2nc(-c3ccccn3)cs2)cc1. The predicted molar refractivity (Wildman–Crippen MR) is 119 cm³/mol. The van der Waals surface area contributed by atoms with Crippen molar-refractivity contribution >= 4 is 32.4 Å². The van der Waals surface area contributed by atoms with Crippen molar-refractivity contribution in [2.24, 2.45) is 0 Å². The van der Waals surface area contributed by atoms with Gasteiger partial charge in [0.2, 0.25) is 10.0 Å². The van der Waals surface area contributed by atoms with Crippen LogP contribution in [0.3, 0.4) is 0 Å².